The van der Waals surface area contributed by atoms with E-state index in [1.165, 1.54) is 0 Å². The van der Waals surface area contributed by atoms with Gasteiger partial charge in [-0.05, 0) is 56.3 Å². The fraction of sp³-hybridized carbons (Fsp3) is 0.188. The molecule has 1 amide bonds. The molecule has 0 spiro atoms. The molecule has 3 nitrogen and oxygen atoms in total. The van der Waals surface area contributed by atoms with Crippen LogP contribution < -0.4 is 10.1 Å². The number of carbonyl (C=O) groups is 1. The van der Waals surface area contributed by atoms with Crippen molar-refractivity contribution >= 4 is 50.7 Å². The first-order chi connectivity index (χ1) is 10.3. The normalized spacial score (nSPS) is 11.1. The highest BCUT2D eigenvalue weighted by Gasteiger charge is 2.30. The maximum Gasteiger partial charge on any atom is 0.268 e. The molecule has 0 aromatic heterocycles. The Morgan fingerprint density at radius 1 is 1.14 bits per heavy atom. The Labute approximate surface area is 147 Å². The predicted octanol–water partition coefficient (Wildman–Crippen LogP) is 5.55. The van der Waals surface area contributed by atoms with Crippen molar-refractivity contribution in [1.82, 2.24) is 0 Å². The molecule has 0 saturated heterocycles. The van der Waals surface area contributed by atoms with Gasteiger partial charge in [0.1, 0.15) is 5.75 Å². The third-order valence-electron chi connectivity index (χ3n) is 2.91. The van der Waals surface area contributed by atoms with Gasteiger partial charge in [-0.25, -0.2) is 0 Å². The van der Waals surface area contributed by atoms with Gasteiger partial charge in [0.15, 0.2) is 5.60 Å². The van der Waals surface area contributed by atoms with Gasteiger partial charge in [-0.15, -0.1) is 0 Å². The molecule has 2 aromatic carbocycles. The molecule has 0 aliphatic heterocycles. The molecule has 22 heavy (non-hydrogen) atoms. The number of hydrogen-bond acceptors (Lipinski definition) is 2. The van der Waals surface area contributed by atoms with Crippen molar-refractivity contribution in [2.24, 2.45) is 0 Å². The van der Waals surface area contributed by atoms with Gasteiger partial charge in [0.25, 0.3) is 5.91 Å². The molecular weight excluding hydrogens is 389 g/mol. The number of carbonyl (C=O) groups excluding carboxylic acids is 1. The molecule has 2 aromatic rings. The Bertz CT molecular complexity index is 687. The summed E-state index contributed by atoms with van der Waals surface area (Å²) in [6, 6.07) is 12.1. The lowest BCUT2D eigenvalue weighted by atomic mass is 10.1. The summed E-state index contributed by atoms with van der Waals surface area (Å²) in [5, 5.41) is 3.82. The van der Waals surface area contributed by atoms with Crippen molar-refractivity contribution in [3.63, 3.8) is 0 Å². The molecular formula is C16H14BrCl2NO2. The van der Waals surface area contributed by atoms with Crippen molar-refractivity contribution in [3.05, 3.63) is 57.0 Å². The lowest BCUT2D eigenvalue weighted by Gasteiger charge is -2.25. The van der Waals surface area contributed by atoms with Crippen LogP contribution in [0.1, 0.15) is 13.8 Å². The summed E-state index contributed by atoms with van der Waals surface area (Å²) in [4.78, 5) is 12.4. The molecule has 6 heteroatoms. The molecule has 116 valence electrons. The molecule has 0 fully saturated rings. The van der Waals surface area contributed by atoms with Gasteiger partial charge in [-0.3, -0.25) is 4.79 Å². The van der Waals surface area contributed by atoms with E-state index >= 15 is 0 Å². The second kappa shape index (κ2) is 6.90. The van der Waals surface area contributed by atoms with E-state index in [0.717, 1.165) is 4.47 Å². The van der Waals surface area contributed by atoms with Crippen LogP contribution in [-0.4, -0.2) is 11.5 Å². The molecule has 0 bridgehead atoms. The second-order valence-electron chi connectivity index (χ2n) is 5.14. The smallest absolute Gasteiger partial charge is 0.268 e. The van der Waals surface area contributed by atoms with E-state index in [4.69, 9.17) is 27.9 Å². The number of anilines is 1. The van der Waals surface area contributed by atoms with Gasteiger partial charge in [0, 0.05) is 9.50 Å². The van der Waals surface area contributed by atoms with Crippen LogP contribution in [0, 0.1) is 0 Å². The lowest BCUT2D eigenvalue weighted by Crippen LogP contribution is -2.42. The highest BCUT2D eigenvalue weighted by molar-refractivity contribution is 9.10. The largest absolute Gasteiger partial charge is 0.478 e. The Kier molecular flexibility index (Phi) is 5.37. The summed E-state index contributed by atoms with van der Waals surface area (Å²) in [6.07, 6.45) is 0. The van der Waals surface area contributed by atoms with Crippen molar-refractivity contribution in [1.29, 1.82) is 0 Å². The third kappa shape index (κ3) is 4.38. The van der Waals surface area contributed by atoms with Crippen LogP contribution in [0.25, 0.3) is 0 Å². The molecule has 0 aliphatic rings. The van der Waals surface area contributed by atoms with Crippen LogP contribution >= 0.6 is 39.1 Å². The van der Waals surface area contributed by atoms with Gasteiger partial charge < -0.3 is 10.1 Å². The zero-order chi connectivity index (χ0) is 16.3. The van der Waals surface area contributed by atoms with Crippen molar-refractivity contribution in [2.45, 2.75) is 19.4 Å². The van der Waals surface area contributed by atoms with Crippen LogP contribution in [0.2, 0.25) is 10.0 Å². The van der Waals surface area contributed by atoms with E-state index in [9.17, 15) is 4.79 Å². The highest BCUT2D eigenvalue weighted by Crippen LogP contribution is 2.27. The third-order valence-corrected chi connectivity index (χ3v) is 3.97. The summed E-state index contributed by atoms with van der Waals surface area (Å²) < 4.78 is 6.57. The van der Waals surface area contributed by atoms with Crippen LogP contribution in [0.15, 0.2) is 46.9 Å². The number of hydrogen-bond donors (Lipinski definition) is 1. The summed E-state index contributed by atoms with van der Waals surface area (Å²) in [5.74, 6) is 0.262. The number of rotatable bonds is 4. The average molecular weight is 403 g/mol. The molecule has 1 N–H and O–H groups in total. The lowest BCUT2D eigenvalue weighted by molar-refractivity contribution is -0.128. The topological polar surface area (TPSA) is 38.3 Å². The van der Waals surface area contributed by atoms with Crippen LogP contribution in [0.3, 0.4) is 0 Å². The van der Waals surface area contributed by atoms with E-state index in [-0.39, 0.29) is 5.91 Å². The van der Waals surface area contributed by atoms with E-state index in [1.807, 2.05) is 0 Å². The average Bonchev–Trinajstić information content (AvgIpc) is 2.44. The van der Waals surface area contributed by atoms with Crippen molar-refractivity contribution in [3.8, 4) is 5.75 Å². The SMILES string of the molecule is CC(C)(Oc1ccc(Cl)cc1)C(=O)Nc1ccc(Br)cc1Cl. The van der Waals surface area contributed by atoms with Crippen LogP contribution in [0.5, 0.6) is 5.75 Å². The highest BCUT2D eigenvalue weighted by atomic mass is 79.9. The fourth-order valence-corrected chi connectivity index (χ4v) is 2.55. The number of benzene rings is 2. The monoisotopic (exact) mass is 401 g/mol. The zero-order valence-electron chi connectivity index (χ0n) is 12.0. The number of ether oxygens (including phenoxy) is 1. The first kappa shape index (κ1) is 17.1. The first-order valence-corrected chi connectivity index (χ1v) is 8.04. The maximum absolute atomic E-state index is 12.4. The van der Waals surface area contributed by atoms with Crippen molar-refractivity contribution in [2.75, 3.05) is 5.32 Å². The standard InChI is InChI=1S/C16H14BrCl2NO2/c1-16(2,22-12-6-4-11(18)5-7-12)15(21)20-14-8-3-10(17)9-13(14)19/h3-9H,1-2H3,(H,20,21). The summed E-state index contributed by atoms with van der Waals surface area (Å²) in [5.41, 5.74) is -0.535. The fourth-order valence-electron chi connectivity index (χ4n) is 1.71. The summed E-state index contributed by atoms with van der Waals surface area (Å²) in [6.45, 7) is 3.37. The predicted molar refractivity (Wildman–Crippen MR) is 93.9 cm³/mol. The second-order valence-corrected chi connectivity index (χ2v) is 6.90. The summed E-state index contributed by atoms with van der Waals surface area (Å²) in [7, 11) is 0. The molecule has 0 heterocycles. The number of halogens is 3. The van der Waals surface area contributed by atoms with Gasteiger partial charge in [0.2, 0.25) is 0 Å². The van der Waals surface area contributed by atoms with Gasteiger partial charge in [0.05, 0.1) is 10.7 Å². The molecule has 0 radical (unpaired) electrons. The minimum atomic E-state index is -1.07. The maximum atomic E-state index is 12.4. The van der Waals surface area contributed by atoms with E-state index in [2.05, 4.69) is 21.2 Å². The van der Waals surface area contributed by atoms with E-state index < -0.39 is 5.60 Å². The molecule has 2 rings (SSSR count). The van der Waals surface area contributed by atoms with E-state index in [1.54, 1.807) is 56.3 Å². The molecule has 0 unspecified atom stereocenters. The Balaban J connectivity index is 2.11. The van der Waals surface area contributed by atoms with Crippen LogP contribution in [0.4, 0.5) is 5.69 Å². The summed E-state index contributed by atoms with van der Waals surface area (Å²) >= 11 is 15.3. The molecule has 0 aliphatic carbocycles. The van der Waals surface area contributed by atoms with E-state index in [0.29, 0.717) is 21.5 Å². The van der Waals surface area contributed by atoms with Gasteiger partial charge >= 0.3 is 0 Å². The first-order valence-electron chi connectivity index (χ1n) is 6.49. The minimum absolute atomic E-state index is 0.299. The van der Waals surface area contributed by atoms with Crippen LogP contribution in [-0.2, 0) is 4.79 Å². The number of amides is 1. The Morgan fingerprint density at radius 3 is 2.36 bits per heavy atom. The molecule has 0 atom stereocenters. The molecule has 0 saturated carbocycles. The van der Waals surface area contributed by atoms with Gasteiger partial charge in [-0.2, -0.15) is 0 Å². The van der Waals surface area contributed by atoms with Crippen molar-refractivity contribution < 1.29 is 9.53 Å². The Hall–Kier alpha value is -1.23. The number of nitrogens with one attached hydrogen (secondary N) is 1. The quantitative estimate of drug-likeness (QED) is 0.727. The zero-order valence-corrected chi connectivity index (χ0v) is 15.1. The minimum Gasteiger partial charge on any atom is -0.478 e. The Morgan fingerprint density at radius 2 is 1.77 bits per heavy atom. The van der Waals surface area contributed by atoms with Gasteiger partial charge in [-0.1, -0.05) is 39.1 Å².